The topological polar surface area (TPSA) is 40.5 Å². The van der Waals surface area contributed by atoms with Crippen LogP contribution in [0, 0.1) is 0 Å². The maximum Gasteiger partial charge on any atom is 0.414 e. The first kappa shape index (κ1) is 19.5. The average Bonchev–Trinajstić information content (AvgIpc) is 2.29. The summed E-state index contributed by atoms with van der Waals surface area (Å²) in [6, 6.07) is 0. The van der Waals surface area contributed by atoms with Gasteiger partial charge in [-0.2, -0.15) is 26.3 Å². The van der Waals surface area contributed by atoms with Gasteiger partial charge in [0, 0.05) is 0 Å². The van der Waals surface area contributed by atoms with Crippen LogP contribution in [0.25, 0.3) is 0 Å². The molecule has 0 saturated carbocycles. The minimum Gasteiger partial charge on any atom is -0.384 e. The monoisotopic (exact) mass is 310 g/mol. The van der Waals surface area contributed by atoms with Gasteiger partial charge in [0.2, 0.25) is 0 Å². The van der Waals surface area contributed by atoms with Crippen LogP contribution >= 0.6 is 0 Å². The second-order valence-corrected chi connectivity index (χ2v) is 4.81. The first-order valence-electron chi connectivity index (χ1n) is 6.54. The zero-order chi connectivity index (χ0) is 15.8. The smallest absolute Gasteiger partial charge is 0.384 e. The molecule has 0 aliphatic carbocycles. The Morgan fingerprint density at radius 1 is 0.550 bits per heavy atom. The first-order valence-corrected chi connectivity index (χ1v) is 6.54. The highest BCUT2D eigenvalue weighted by atomic mass is 19.4. The molecule has 2 N–H and O–H groups in total. The predicted octanol–water partition coefficient (Wildman–Crippen LogP) is 3.95. The van der Waals surface area contributed by atoms with Crippen molar-refractivity contribution in [3.8, 4) is 0 Å². The summed E-state index contributed by atoms with van der Waals surface area (Å²) in [6.45, 7) is 0. The molecule has 0 aliphatic heterocycles. The van der Waals surface area contributed by atoms with Crippen LogP contribution in [0.1, 0.15) is 51.4 Å². The van der Waals surface area contributed by atoms with Gasteiger partial charge in [-0.15, -0.1) is 0 Å². The lowest BCUT2D eigenvalue weighted by molar-refractivity contribution is -0.206. The number of aliphatic hydroxyl groups excluding tert-OH is 2. The second-order valence-electron chi connectivity index (χ2n) is 4.81. The summed E-state index contributed by atoms with van der Waals surface area (Å²) in [7, 11) is 0. The van der Waals surface area contributed by atoms with Crippen molar-refractivity contribution in [1.29, 1.82) is 0 Å². The molecular weight excluding hydrogens is 290 g/mol. The van der Waals surface area contributed by atoms with Gasteiger partial charge < -0.3 is 10.2 Å². The molecule has 2 unspecified atom stereocenters. The molecule has 8 heteroatoms. The number of halogens is 6. The Bertz CT molecular complexity index is 225. The molecule has 0 rings (SSSR count). The van der Waals surface area contributed by atoms with Gasteiger partial charge in [-0.3, -0.25) is 0 Å². The van der Waals surface area contributed by atoms with E-state index >= 15 is 0 Å². The molecule has 0 radical (unpaired) electrons. The van der Waals surface area contributed by atoms with E-state index in [2.05, 4.69) is 0 Å². The maximum absolute atomic E-state index is 11.9. The van der Waals surface area contributed by atoms with E-state index in [1.165, 1.54) is 0 Å². The molecule has 0 amide bonds. The number of hydrogen-bond acceptors (Lipinski definition) is 2. The summed E-state index contributed by atoms with van der Waals surface area (Å²) in [6.07, 6.45) is -11.8. The van der Waals surface area contributed by atoms with Crippen LogP contribution in [0.15, 0.2) is 0 Å². The van der Waals surface area contributed by atoms with Gasteiger partial charge in [0.25, 0.3) is 0 Å². The van der Waals surface area contributed by atoms with Crippen LogP contribution in [0.5, 0.6) is 0 Å². The maximum atomic E-state index is 11.9. The molecule has 0 fully saturated rings. The van der Waals surface area contributed by atoms with Gasteiger partial charge in [-0.1, -0.05) is 38.5 Å². The molecule has 2 nitrogen and oxygen atoms in total. The predicted molar refractivity (Wildman–Crippen MR) is 61.1 cm³/mol. The fraction of sp³-hybridized carbons (Fsp3) is 1.00. The molecule has 0 heterocycles. The number of unbranched alkanes of at least 4 members (excludes halogenated alkanes) is 5. The van der Waals surface area contributed by atoms with E-state index in [1.807, 2.05) is 0 Å². The first-order chi connectivity index (χ1) is 9.05. The lowest BCUT2D eigenvalue weighted by atomic mass is 10.0. The summed E-state index contributed by atoms with van der Waals surface area (Å²) < 4.78 is 71.6. The zero-order valence-electron chi connectivity index (χ0n) is 11.0. The Balaban J connectivity index is 3.42. The van der Waals surface area contributed by atoms with E-state index in [1.54, 1.807) is 0 Å². The molecule has 2 atom stereocenters. The van der Waals surface area contributed by atoms with E-state index < -0.39 is 24.6 Å². The molecular formula is C12H20F6O2. The van der Waals surface area contributed by atoms with Crippen molar-refractivity contribution in [1.82, 2.24) is 0 Å². The van der Waals surface area contributed by atoms with Gasteiger partial charge >= 0.3 is 12.4 Å². The van der Waals surface area contributed by atoms with Crippen LogP contribution < -0.4 is 0 Å². The quantitative estimate of drug-likeness (QED) is 0.500. The summed E-state index contributed by atoms with van der Waals surface area (Å²) in [5.41, 5.74) is 0. The molecule has 0 bridgehead atoms. The largest absolute Gasteiger partial charge is 0.414 e. The highest BCUT2D eigenvalue weighted by Crippen LogP contribution is 2.25. The third-order valence-electron chi connectivity index (χ3n) is 2.96. The highest BCUT2D eigenvalue weighted by Gasteiger charge is 2.38. The molecule has 0 aliphatic rings. The molecule has 0 aromatic carbocycles. The van der Waals surface area contributed by atoms with Crippen molar-refractivity contribution in [2.24, 2.45) is 0 Å². The summed E-state index contributed by atoms with van der Waals surface area (Å²) in [4.78, 5) is 0. The minimum atomic E-state index is -4.59. The molecule has 122 valence electrons. The van der Waals surface area contributed by atoms with E-state index in [4.69, 9.17) is 10.2 Å². The molecule has 0 saturated heterocycles. The zero-order valence-corrected chi connectivity index (χ0v) is 11.0. The van der Waals surface area contributed by atoms with E-state index in [-0.39, 0.29) is 25.7 Å². The van der Waals surface area contributed by atoms with Crippen molar-refractivity contribution in [2.75, 3.05) is 0 Å². The van der Waals surface area contributed by atoms with Gasteiger partial charge in [-0.25, -0.2) is 0 Å². The van der Waals surface area contributed by atoms with Gasteiger partial charge in [0.15, 0.2) is 0 Å². The third-order valence-corrected chi connectivity index (χ3v) is 2.96. The SMILES string of the molecule is OC(CCCCCCCCC(O)C(F)(F)F)C(F)(F)F. The molecule has 0 aromatic heterocycles. The fourth-order valence-corrected chi connectivity index (χ4v) is 1.71. The minimum absolute atomic E-state index is 0.228. The van der Waals surface area contributed by atoms with E-state index in [0.29, 0.717) is 25.7 Å². The van der Waals surface area contributed by atoms with Crippen molar-refractivity contribution >= 4 is 0 Å². The van der Waals surface area contributed by atoms with Crippen molar-refractivity contribution in [3.63, 3.8) is 0 Å². The molecule has 20 heavy (non-hydrogen) atoms. The van der Waals surface area contributed by atoms with E-state index in [0.717, 1.165) is 0 Å². The van der Waals surface area contributed by atoms with Crippen molar-refractivity contribution in [3.05, 3.63) is 0 Å². The lowest BCUT2D eigenvalue weighted by Gasteiger charge is -2.14. The van der Waals surface area contributed by atoms with Crippen LogP contribution in [0.3, 0.4) is 0 Å². The number of aliphatic hydroxyl groups is 2. The van der Waals surface area contributed by atoms with Crippen molar-refractivity contribution in [2.45, 2.75) is 75.9 Å². The van der Waals surface area contributed by atoms with Gasteiger partial charge in [-0.05, 0) is 12.8 Å². The summed E-state index contributed by atoms with van der Waals surface area (Å²) >= 11 is 0. The number of alkyl halides is 6. The Kier molecular flexibility index (Phi) is 8.50. The number of hydrogen-bond donors (Lipinski definition) is 2. The Morgan fingerprint density at radius 3 is 1.05 bits per heavy atom. The number of rotatable bonds is 9. The van der Waals surface area contributed by atoms with Gasteiger partial charge in [0.1, 0.15) is 12.2 Å². The Hall–Kier alpha value is -0.500. The third kappa shape index (κ3) is 9.41. The van der Waals surface area contributed by atoms with Crippen LogP contribution in [0.4, 0.5) is 26.3 Å². The summed E-state index contributed by atoms with van der Waals surface area (Å²) in [5, 5.41) is 17.4. The van der Waals surface area contributed by atoms with Crippen LogP contribution in [0.2, 0.25) is 0 Å². The molecule has 0 aromatic rings. The van der Waals surface area contributed by atoms with Crippen LogP contribution in [-0.2, 0) is 0 Å². The van der Waals surface area contributed by atoms with Crippen LogP contribution in [-0.4, -0.2) is 34.8 Å². The van der Waals surface area contributed by atoms with E-state index in [9.17, 15) is 26.3 Å². The Labute approximate surface area is 113 Å². The fourth-order valence-electron chi connectivity index (χ4n) is 1.71. The second kappa shape index (κ2) is 8.71. The van der Waals surface area contributed by atoms with Gasteiger partial charge in [0.05, 0.1) is 0 Å². The summed E-state index contributed by atoms with van der Waals surface area (Å²) in [5.74, 6) is 0. The normalized spacial score (nSPS) is 16.2. The molecule has 0 spiro atoms. The standard InChI is InChI=1S/C12H20F6O2/c13-11(14,15)9(19)7-5-3-1-2-4-6-8-10(20)12(16,17)18/h9-10,19-20H,1-8H2. The van der Waals surface area contributed by atoms with Crippen molar-refractivity contribution < 1.29 is 36.6 Å². The average molecular weight is 310 g/mol. The highest BCUT2D eigenvalue weighted by molar-refractivity contribution is 4.66. The Morgan fingerprint density at radius 2 is 0.800 bits per heavy atom. The lowest BCUT2D eigenvalue weighted by Crippen LogP contribution is -2.28.